The van der Waals surface area contributed by atoms with E-state index in [1.807, 2.05) is 27.7 Å². The largest absolute Gasteiger partial charge is 0.494 e. The first kappa shape index (κ1) is 19.4. The predicted octanol–water partition coefficient (Wildman–Crippen LogP) is 3.59. The van der Waals surface area contributed by atoms with E-state index in [-0.39, 0.29) is 5.56 Å². The summed E-state index contributed by atoms with van der Waals surface area (Å²) in [4.78, 5) is 29.4. The molecular weight excluding hydrogens is 358 g/mol. The molecule has 1 aromatic heterocycles. The summed E-state index contributed by atoms with van der Waals surface area (Å²) in [6, 6.07) is 10.3. The molecule has 0 saturated heterocycles. The second-order valence-electron chi connectivity index (χ2n) is 7.49. The Morgan fingerprint density at radius 2 is 1.93 bits per heavy atom. The summed E-state index contributed by atoms with van der Waals surface area (Å²) >= 11 is 0. The van der Waals surface area contributed by atoms with Crippen LogP contribution < -0.4 is 20.3 Å². The van der Waals surface area contributed by atoms with Crippen LogP contribution in [-0.4, -0.2) is 28.3 Å². The minimum atomic E-state index is -0.559. The highest BCUT2D eigenvalue weighted by atomic mass is 16.6. The van der Waals surface area contributed by atoms with E-state index in [9.17, 15) is 9.59 Å². The fourth-order valence-corrected chi connectivity index (χ4v) is 2.81. The summed E-state index contributed by atoms with van der Waals surface area (Å²) < 4.78 is 12.1. The average molecular weight is 381 g/mol. The molecule has 28 heavy (non-hydrogen) atoms. The Balaban J connectivity index is 2.03. The van der Waals surface area contributed by atoms with Crippen LogP contribution in [-0.2, 0) is 0 Å². The number of ether oxygens (including phenoxy) is 2. The van der Waals surface area contributed by atoms with Crippen LogP contribution in [0.4, 0.5) is 4.79 Å². The molecule has 0 spiro atoms. The van der Waals surface area contributed by atoms with Gasteiger partial charge in [0.2, 0.25) is 0 Å². The Hall–Kier alpha value is -3.35. The van der Waals surface area contributed by atoms with Crippen LogP contribution in [0, 0.1) is 6.92 Å². The van der Waals surface area contributed by atoms with Crippen molar-refractivity contribution in [2.45, 2.75) is 33.2 Å². The van der Waals surface area contributed by atoms with Gasteiger partial charge in [-0.25, -0.2) is 9.78 Å². The molecule has 0 bridgehead atoms. The molecule has 7 nitrogen and oxygen atoms in total. The first-order chi connectivity index (χ1) is 13.2. The SMILES string of the molecule is COc1cccc2c(=O)n(-c3cc(OC(=O)NC(C)(C)C)ccc3C)cnc12. The van der Waals surface area contributed by atoms with Gasteiger partial charge in [-0.05, 0) is 51.5 Å². The van der Waals surface area contributed by atoms with Crippen LogP contribution in [0.1, 0.15) is 26.3 Å². The monoisotopic (exact) mass is 381 g/mol. The van der Waals surface area contributed by atoms with E-state index in [0.29, 0.717) is 28.1 Å². The van der Waals surface area contributed by atoms with Gasteiger partial charge < -0.3 is 14.8 Å². The first-order valence-corrected chi connectivity index (χ1v) is 8.85. The fourth-order valence-electron chi connectivity index (χ4n) is 2.81. The molecule has 2 aromatic carbocycles. The number of benzene rings is 2. The van der Waals surface area contributed by atoms with Gasteiger partial charge in [-0.2, -0.15) is 0 Å². The quantitative estimate of drug-likeness (QED) is 0.750. The molecule has 1 N–H and O–H groups in total. The summed E-state index contributed by atoms with van der Waals surface area (Å²) in [6.45, 7) is 7.47. The zero-order valence-electron chi connectivity index (χ0n) is 16.6. The lowest BCUT2D eigenvalue weighted by Gasteiger charge is -2.20. The number of amides is 1. The topological polar surface area (TPSA) is 82.5 Å². The molecule has 0 radical (unpaired) electrons. The number of aryl methyl sites for hydroxylation is 1. The van der Waals surface area contributed by atoms with Gasteiger partial charge in [0.15, 0.2) is 0 Å². The molecule has 0 aliphatic rings. The number of aromatic nitrogens is 2. The molecule has 3 aromatic rings. The molecule has 0 unspecified atom stereocenters. The summed E-state index contributed by atoms with van der Waals surface area (Å²) in [6.07, 6.45) is 0.894. The van der Waals surface area contributed by atoms with Gasteiger partial charge in [-0.1, -0.05) is 12.1 Å². The Kier molecular flexibility index (Phi) is 5.09. The Morgan fingerprint density at radius 1 is 1.18 bits per heavy atom. The number of methoxy groups -OCH3 is 1. The van der Waals surface area contributed by atoms with Gasteiger partial charge in [0.1, 0.15) is 23.3 Å². The van der Waals surface area contributed by atoms with Crippen LogP contribution in [0.25, 0.3) is 16.6 Å². The number of rotatable bonds is 3. The Bertz CT molecular complexity index is 1100. The van der Waals surface area contributed by atoms with Crippen molar-refractivity contribution >= 4 is 17.0 Å². The highest BCUT2D eigenvalue weighted by Gasteiger charge is 2.16. The fraction of sp³-hybridized carbons (Fsp3) is 0.286. The lowest BCUT2D eigenvalue weighted by Crippen LogP contribution is -2.42. The number of hydrogen-bond acceptors (Lipinski definition) is 5. The highest BCUT2D eigenvalue weighted by molar-refractivity contribution is 5.83. The van der Waals surface area contributed by atoms with Gasteiger partial charge >= 0.3 is 6.09 Å². The van der Waals surface area contributed by atoms with Crippen molar-refractivity contribution in [2.75, 3.05) is 7.11 Å². The molecule has 0 fully saturated rings. The van der Waals surface area contributed by atoms with Crippen molar-refractivity contribution in [3.63, 3.8) is 0 Å². The summed E-state index contributed by atoms with van der Waals surface area (Å²) in [5.41, 5.74) is 1.28. The smallest absolute Gasteiger partial charge is 0.413 e. The van der Waals surface area contributed by atoms with Gasteiger partial charge in [-0.15, -0.1) is 0 Å². The zero-order chi connectivity index (χ0) is 20.5. The van der Waals surface area contributed by atoms with Crippen LogP contribution in [0.15, 0.2) is 47.5 Å². The number of para-hydroxylation sites is 1. The second kappa shape index (κ2) is 7.34. The molecule has 0 atom stereocenters. The third-order valence-electron chi connectivity index (χ3n) is 4.10. The van der Waals surface area contributed by atoms with Crippen LogP contribution in [0.5, 0.6) is 11.5 Å². The predicted molar refractivity (Wildman–Crippen MR) is 108 cm³/mol. The Labute approximate surface area is 162 Å². The van der Waals surface area contributed by atoms with E-state index in [0.717, 1.165) is 5.56 Å². The molecule has 1 heterocycles. The van der Waals surface area contributed by atoms with Gasteiger partial charge in [0.25, 0.3) is 5.56 Å². The average Bonchev–Trinajstić information content (AvgIpc) is 2.62. The lowest BCUT2D eigenvalue weighted by molar-refractivity contribution is 0.190. The maximum atomic E-state index is 13.0. The third kappa shape index (κ3) is 3.98. The molecule has 0 aliphatic carbocycles. The van der Waals surface area contributed by atoms with Gasteiger partial charge in [-0.3, -0.25) is 9.36 Å². The molecule has 7 heteroatoms. The molecule has 1 amide bonds. The minimum Gasteiger partial charge on any atom is -0.494 e. The molecule has 3 rings (SSSR count). The Morgan fingerprint density at radius 3 is 2.61 bits per heavy atom. The van der Waals surface area contributed by atoms with E-state index >= 15 is 0 Å². The lowest BCUT2D eigenvalue weighted by atomic mass is 10.1. The van der Waals surface area contributed by atoms with Gasteiger partial charge in [0.05, 0.1) is 18.2 Å². The molecule has 146 valence electrons. The summed E-state index contributed by atoms with van der Waals surface area (Å²) in [5, 5.41) is 3.18. The van der Waals surface area contributed by atoms with E-state index in [2.05, 4.69) is 10.3 Å². The maximum absolute atomic E-state index is 13.0. The number of carbonyl (C=O) groups excluding carboxylic acids is 1. The van der Waals surface area contributed by atoms with Crippen LogP contribution in [0.3, 0.4) is 0 Å². The van der Waals surface area contributed by atoms with E-state index in [1.54, 1.807) is 36.4 Å². The van der Waals surface area contributed by atoms with Crippen molar-refractivity contribution < 1.29 is 14.3 Å². The number of carbonyl (C=O) groups is 1. The van der Waals surface area contributed by atoms with E-state index in [1.165, 1.54) is 18.0 Å². The summed E-state index contributed by atoms with van der Waals surface area (Å²) in [5.74, 6) is 0.870. The molecule has 0 aliphatic heterocycles. The van der Waals surface area contributed by atoms with Crippen LogP contribution >= 0.6 is 0 Å². The second-order valence-corrected chi connectivity index (χ2v) is 7.49. The minimum absolute atomic E-state index is 0.233. The van der Waals surface area contributed by atoms with Crippen molar-refractivity contribution in [2.24, 2.45) is 0 Å². The normalized spacial score (nSPS) is 11.3. The molecular formula is C21H23N3O4. The van der Waals surface area contributed by atoms with E-state index < -0.39 is 11.6 Å². The third-order valence-corrected chi connectivity index (χ3v) is 4.10. The van der Waals surface area contributed by atoms with Crippen LogP contribution in [0.2, 0.25) is 0 Å². The highest BCUT2D eigenvalue weighted by Crippen LogP contribution is 2.23. The number of hydrogen-bond donors (Lipinski definition) is 1. The van der Waals surface area contributed by atoms with E-state index in [4.69, 9.17) is 9.47 Å². The molecule has 0 saturated carbocycles. The van der Waals surface area contributed by atoms with Crippen molar-refractivity contribution in [1.29, 1.82) is 0 Å². The number of fused-ring (bicyclic) bond motifs is 1. The zero-order valence-corrected chi connectivity index (χ0v) is 16.6. The van der Waals surface area contributed by atoms with Crippen molar-refractivity contribution in [1.82, 2.24) is 14.9 Å². The maximum Gasteiger partial charge on any atom is 0.413 e. The van der Waals surface area contributed by atoms with Crippen molar-refractivity contribution in [3.05, 3.63) is 58.6 Å². The van der Waals surface area contributed by atoms with Crippen molar-refractivity contribution in [3.8, 4) is 17.2 Å². The standard InChI is InChI=1S/C21H23N3O4/c1-13-9-10-14(28-20(26)23-21(2,3)4)11-16(13)24-12-22-18-15(19(24)25)7-6-8-17(18)27-5/h6-12H,1-5H3,(H,23,26). The van der Waals surface area contributed by atoms with Gasteiger partial charge in [0, 0.05) is 11.6 Å². The summed E-state index contributed by atoms with van der Waals surface area (Å²) in [7, 11) is 1.54. The first-order valence-electron chi connectivity index (χ1n) is 8.85. The number of nitrogens with zero attached hydrogens (tertiary/aromatic N) is 2. The number of nitrogens with one attached hydrogen (secondary N) is 1.